The van der Waals surface area contributed by atoms with Gasteiger partial charge in [-0.1, -0.05) is 275 Å². The summed E-state index contributed by atoms with van der Waals surface area (Å²) in [7, 11) is -1.11. The molecule has 126 heavy (non-hydrogen) atoms. The molecule has 680 valence electrons. The van der Waals surface area contributed by atoms with Crippen molar-refractivity contribution in [2.45, 2.75) is 228 Å². The van der Waals surface area contributed by atoms with Crippen molar-refractivity contribution in [3.05, 3.63) is 286 Å². The van der Waals surface area contributed by atoms with Crippen LogP contribution < -0.4 is 9.47 Å². The number of fused-ring (bicyclic) bond motifs is 1. The minimum atomic E-state index is -3.34. The summed E-state index contributed by atoms with van der Waals surface area (Å²) in [6, 6.07) is 58.6. The molecule has 0 saturated carbocycles. The molecule has 0 fully saturated rings. The van der Waals surface area contributed by atoms with Gasteiger partial charge in [-0.3, -0.25) is 4.68 Å². The van der Waals surface area contributed by atoms with Crippen molar-refractivity contribution in [3.8, 4) is 49.7 Å². The predicted molar refractivity (Wildman–Crippen MR) is 523 cm³/mol. The van der Waals surface area contributed by atoms with Crippen molar-refractivity contribution in [1.82, 2.24) is 53.4 Å². The second kappa shape index (κ2) is 44.9. The van der Waals surface area contributed by atoms with E-state index in [-0.39, 0.29) is 48.6 Å². The first-order valence-electron chi connectivity index (χ1n) is 42.8. The predicted octanol–water partition coefficient (Wildman–Crippen LogP) is 25.6. The number of halogens is 1. The van der Waals surface area contributed by atoms with Crippen LogP contribution in [0.5, 0.6) is 11.5 Å². The molecule has 0 aliphatic heterocycles. The highest BCUT2D eigenvalue weighted by atomic mass is 35.5. The molecule has 14 rings (SSSR count). The second-order valence-corrected chi connectivity index (χ2v) is 46.4. The van der Waals surface area contributed by atoms with Gasteiger partial charge in [-0.05, 0) is 137 Å². The number of benzene rings is 6. The fourth-order valence-corrected chi connectivity index (χ4v) is 17.4. The summed E-state index contributed by atoms with van der Waals surface area (Å²) in [5, 5.41) is 24.6. The van der Waals surface area contributed by atoms with Gasteiger partial charge >= 0.3 is 0 Å². The van der Waals surface area contributed by atoms with Gasteiger partial charge in [0.15, 0.2) is 15.6 Å². The Balaban J connectivity index is 0.000000198. The fraction of sp³-hybridized carbons (Fsp3) is 0.431. The Morgan fingerprint density at radius 3 is 1.45 bits per heavy atom. The van der Waals surface area contributed by atoms with Gasteiger partial charge in [0.05, 0.1) is 89.0 Å². The molecule has 0 radical (unpaired) electrons. The number of thiazole rings is 2. The lowest BCUT2D eigenvalue weighted by Crippen LogP contribution is -2.34. The van der Waals surface area contributed by atoms with Crippen LogP contribution in [0.2, 0.25) is 5.02 Å². The van der Waals surface area contributed by atoms with Gasteiger partial charge in [0.25, 0.3) is 0 Å². The Morgan fingerprint density at radius 2 is 1.02 bits per heavy atom. The van der Waals surface area contributed by atoms with Gasteiger partial charge in [0.2, 0.25) is 10.0 Å². The number of aryl methyl sites for hydroxylation is 2. The molecule has 1 aliphatic rings. The zero-order valence-electron chi connectivity index (χ0n) is 79.7. The van der Waals surface area contributed by atoms with Crippen molar-refractivity contribution >= 4 is 54.1 Å². The number of hydrogen-bond acceptors (Lipinski definition) is 16. The Kier molecular flexibility index (Phi) is 36.9. The Labute approximate surface area is 766 Å². The summed E-state index contributed by atoms with van der Waals surface area (Å²) in [4.78, 5) is 9.56. The second-order valence-electron chi connectivity index (χ2n) is 40.0. The van der Waals surface area contributed by atoms with Crippen LogP contribution in [0, 0.1) is 10.8 Å². The number of rotatable bonds is 15. The van der Waals surface area contributed by atoms with Crippen LogP contribution in [0.3, 0.4) is 0 Å². The summed E-state index contributed by atoms with van der Waals surface area (Å²) in [5.74, 6) is 1.73. The molecule has 19 nitrogen and oxygen atoms in total. The maximum absolute atomic E-state index is 12.1. The fourth-order valence-electron chi connectivity index (χ4n) is 12.4. The van der Waals surface area contributed by atoms with Gasteiger partial charge < -0.3 is 18.6 Å². The SMILES string of the molecule is CC(C)(C)COCCOc1ccccc1.CC(C)(C)c1ccc2c(c1)CCCC2S(C)(=O)=O.CC(C)(C)c1ccn(-c2cccc(Cl)c2)n1.CC(C)(C)c1ccn(-c2ccccc2)n1.CC(C)(C)c1csc(-c2ccoc2)n1.CN(CC(C)(C)C)S(=O)(=O)c1ccccc1.COc1cn(-c2ccccc2)nc1C(C)(C)C.Cn1cc(-c2nc(C(C)(C)C)cs2)cn1. The quantitative estimate of drug-likeness (QED) is 0.0875. The molecule has 0 amide bonds. The number of aromatic nitrogens is 10. The topological polar surface area (TPSA) is 209 Å². The number of sulfone groups is 1. The monoisotopic (exact) mass is 1810 g/mol. The van der Waals surface area contributed by atoms with E-state index in [1.54, 1.807) is 78.3 Å². The third kappa shape index (κ3) is 33.6. The van der Waals surface area contributed by atoms with E-state index in [1.165, 1.54) is 21.7 Å². The van der Waals surface area contributed by atoms with Crippen LogP contribution in [-0.2, 0) is 70.6 Å². The molecular formula is C102H138ClN11O8S4. The Hall–Kier alpha value is -9.59. The molecule has 7 heterocycles. The maximum Gasteiger partial charge on any atom is 0.242 e. The first-order valence-corrected chi connectivity index (χ1v) is 48.3. The molecule has 13 aromatic rings. The summed E-state index contributed by atoms with van der Waals surface area (Å²) >= 11 is 9.29. The largest absolute Gasteiger partial charge is 0.493 e. The molecule has 0 spiro atoms. The van der Waals surface area contributed by atoms with Crippen molar-refractivity contribution < 1.29 is 35.5 Å². The molecular weight excluding hydrogens is 1670 g/mol. The standard InChI is InChI=1S/C15H22O2S.C14H18N2O.C13H15ClN2.C13H16N2.C13H20O2.C12H19NO2S.C11H15N3S.C11H13NOS/c1-15(2,3)12-8-9-13-11(10-12)6-5-7-14(13)18(4,16)17;1-14(2,3)13-12(17-4)10-16(15-13)11-8-6-5-7-9-11;1-13(2,3)12-7-8-16(15-12)11-6-4-5-10(14)9-11;1-13(2,3)12-9-10-15(14-12)11-7-5-4-6-8-11;1-13(2,3)11-14-9-10-15-12-7-5-4-6-8-12;1-12(2,3)10-13(4)16(14,15)11-8-6-5-7-9-11;1-11(2,3)9-7-15-10(13-9)8-5-12-14(4)6-8;1-11(2,3)9-7-14-10(12-9)8-4-5-13-6-8/h8-10,14H,5-7H2,1-4H3;5-10H,1-4H3;4-9H,1-3H3;4-10H,1-3H3;4-8H,9-11H2,1-3H3;5-9H,10H2,1-4H3;5-7H,1-4H3;4-7H,1-3H3. The highest BCUT2D eigenvalue weighted by Gasteiger charge is 2.31. The lowest BCUT2D eigenvalue weighted by Gasteiger charge is -2.27. The molecule has 0 saturated heterocycles. The lowest BCUT2D eigenvalue weighted by molar-refractivity contribution is 0.0514. The van der Waals surface area contributed by atoms with E-state index >= 15 is 0 Å². The number of ether oxygens (including phenoxy) is 3. The molecule has 1 unspecified atom stereocenters. The van der Waals surface area contributed by atoms with E-state index < -0.39 is 19.9 Å². The minimum Gasteiger partial charge on any atom is -0.493 e. The molecule has 6 aromatic carbocycles. The van der Waals surface area contributed by atoms with E-state index in [0.29, 0.717) is 24.7 Å². The van der Waals surface area contributed by atoms with Gasteiger partial charge in [0.1, 0.15) is 34.3 Å². The molecule has 24 heteroatoms. The van der Waals surface area contributed by atoms with Crippen molar-refractivity contribution in [2.75, 3.05) is 46.8 Å². The number of furan rings is 1. The van der Waals surface area contributed by atoms with Gasteiger partial charge in [-0.15, -0.1) is 22.7 Å². The highest BCUT2D eigenvalue weighted by molar-refractivity contribution is 7.91. The third-order valence-electron chi connectivity index (χ3n) is 19.4. The summed E-state index contributed by atoms with van der Waals surface area (Å²) in [6.07, 6.45) is 17.2. The molecule has 1 aliphatic carbocycles. The van der Waals surface area contributed by atoms with Crippen molar-refractivity contribution in [3.63, 3.8) is 0 Å². The first-order chi connectivity index (χ1) is 58.6. The van der Waals surface area contributed by atoms with E-state index in [1.807, 2.05) is 200 Å². The van der Waals surface area contributed by atoms with Crippen LogP contribution in [0.25, 0.3) is 38.2 Å². The van der Waals surface area contributed by atoms with Crippen LogP contribution in [-0.4, -0.2) is 117 Å². The molecule has 0 N–H and O–H groups in total. The minimum absolute atomic E-state index is 0.0224. The molecule has 0 bridgehead atoms. The Morgan fingerprint density at radius 1 is 0.524 bits per heavy atom. The van der Waals surface area contributed by atoms with Crippen LogP contribution in [0.4, 0.5) is 0 Å². The third-order valence-corrected chi connectivity index (χ3v) is 24.8. The number of hydrogen-bond donors (Lipinski definition) is 0. The lowest BCUT2D eigenvalue weighted by atomic mass is 9.82. The average Bonchev–Trinajstić information content (AvgIpc) is 1.21. The normalized spacial score (nSPS) is 13.1. The van der Waals surface area contributed by atoms with Gasteiger partial charge in [-0.25, -0.2) is 45.2 Å². The average molecular weight is 1810 g/mol. The van der Waals surface area contributed by atoms with E-state index in [2.05, 4.69) is 217 Å². The van der Waals surface area contributed by atoms with Crippen LogP contribution in [0.1, 0.15) is 229 Å². The Bertz CT molecular complexity index is 5640. The summed E-state index contributed by atoms with van der Waals surface area (Å²) in [5.41, 5.74) is 15.0. The van der Waals surface area contributed by atoms with E-state index in [0.717, 1.165) is 115 Å². The van der Waals surface area contributed by atoms with Crippen molar-refractivity contribution in [1.29, 1.82) is 0 Å². The summed E-state index contributed by atoms with van der Waals surface area (Å²) < 4.78 is 78.2. The van der Waals surface area contributed by atoms with Crippen LogP contribution in [0.15, 0.2) is 246 Å². The highest BCUT2D eigenvalue weighted by Crippen LogP contribution is 2.39. The van der Waals surface area contributed by atoms with E-state index in [9.17, 15) is 16.8 Å². The van der Waals surface area contributed by atoms with E-state index in [4.69, 9.17) is 30.2 Å². The number of methoxy groups -OCH3 is 1. The number of sulfonamides is 1. The number of nitrogens with zero attached hydrogens (tertiary/aromatic N) is 11. The first kappa shape index (κ1) is 103. The smallest absolute Gasteiger partial charge is 0.242 e. The zero-order valence-corrected chi connectivity index (χ0v) is 83.8. The van der Waals surface area contributed by atoms with Crippen LogP contribution >= 0.6 is 34.3 Å². The van der Waals surface area contributed by atoms with Gasteiger partial charge in [0, 0.05) is 99.5 Å². The summed E-state index contributed by atoms with van der Waals surface area (Å²) in [6.45, 7) is 54.0. The number of para-hydroxylation sites is 3. The van der Waals surface area contributed by atoms with Gasteiger partial charge in [-0.2, -0.15) is 20.4 Å². The maximum atomic E-state index is 12.1. The van der Waals surface area contributed by atoms with Crippen molar-refractivity contribution in [2.24, 2.45) is 17.9 Å². The molecule has 1 atom stereocenters. The zero-order chi connectivity index (χ0) is 93.4. The molecule has 7 aromatic heterocycles.